The molecule has 0 bridgehead atoms. The lowest BCUT2D eigenvalue weighted by Gasteiger charge is -2.15. The van der Waals surface area contributed by atoms with Crippen LogP contribution in [0.25, 0.3) is 0 Å². The maximum absolute atomic E-state index is 11.5. The lowest BCUT2D eigenvalue weighted by atomic mass is 10.1. The van der Waals surface area contributed by atoms with E-state index in [4.69, 9.17) is 5.73 Å². The molecule has 0 saturated heterocycles. The summed E-state index contributed by atoms with van der Waals surface area (Å²) in [5.41, 5.74) is 5.64. The first kappa shape index (κ1) is 16.4. The Labute approximate surface area is 119 Å². The zero-order valence-corrected chi connectivity index (χ0v) is 12.1. The zero-order chi connectivity index (χ0) is 15.1. The number of carbonyl (C=O) groups is 3. The highest BCUT2D eigenvalue weighted by atomic mass is 16.2. The van der Waals surface area contributed by atoms with Gasteiger partial charge in [-0.2, -0.15) is 0 Å². The molecule has 1 saturated carbocycles. The molecule has 7 nitrogen and oxygen atoms in total. The molecule has 114 valence electrons. The van der Waals surface area contributed by atoms with Crippen molar-refractivity contribution in [2.45, 2.75) is 32.7 Å². The number of carbonyl (C=O) groups excluding carboxylic acids is 3. The van der Waals surface area contributed by atoms with E-state index in [0.29, 0.717) is 13.1 Å². The Morgan fingerprint density at radius 3 is 2.25 bits per heavy atom. The molecule has 0 radical (unpaired) electrons. The summed E-state index contributed by atoms with van der Waals surface area (Å²) in [4.78, 5) is 34.3. The molecule has 1 aliphatic carbocycles. The van der Waals surface area contributed by atoms with Gasteiger partial charge in [-0.05, 0) is 18.8 Å². The molecule has 1 rings (SSSR count). The van der Waals surface area contributed by atoms with Crippen LogP contribution in [0, 0.1) is 11.8 Å². The summed E-state index contributed by atoms with van der Waals surface area (Å²) >= 11 is 0. The molecular formula is C13H24N4O3. The van der Waals surface area contributed by atoms with E-state index < -0.39 is 6.04 Å². The van der Waals surface area contributed by atoms with Crippen molar-refractivity contribution in [3.8, 4) is 0 Å². The monoisotopic (exact) mass is 284 g/mol. The van der Waals surface area contributed by atoms with E-state index in [1.165, 1.54) is 0 Å². The van der Waals surface area contributed by atoms with Gasteiger partial charge in [-0.3, -0.25) is 14.4 Å². The molecule has 7 heteroatoms. The normalized spacial score (nSPS) is 15.6. The number of hydrogen-bond donors (Lipinski definition) is 4. The van der Waals surface area contributed by atoms with Gasteiger partial charge in [0.25, 0.3) is 0 Å². The predicted molar refractivity (Wildman–Crippen MR) is 74.6 cm³/mol. The second kappa shape index (κ2) is 7.84. The van der Waals surface area contributed by atoms with Crippen molar-refractivity contribution >= 4 is 17.7 Å². The Kier molecular flexibility index (Phi) is 6.44. The molecule has 3 amide bonds. The van der Waals surface area contributed by atoms with Crippen molar-refractivity contribution in [2.24, 2.45) is 17.6 Å². The Morgan fingerprint density at radius 1 is 1.10 bits per heavy atom. The average molecular weight is 284 g/mol. The van der Waals surface area contributed by atoms with Gasteiger partial charge in [0.2, 0.25) is 17.7 Å². The Bertz CT molecular complexity index is 367. The van der Waals surface area contributed by atoms with Gasteiger partial charge in [-0.25, -0.2) is 0 Å². The van der Waals surface area contributed by atoms with Gasteiger partial charge in [0.15, 0.2) is 0 Å². The molecule has 0 aromatic rings. The highest BCUT2D eigenvalue weighted by Crippen LogP contribution is 2.28. The van der Waals surface area contributed by atoms with Crippen LogP contribution in [0.15, 0.2) is 0 Å². The van der Waals surface area contributed by atoms with Crippen molar-refractivity contribution in [3.63, 3.8) is 0 Å². The van der Waals surface area contributed by atoms with Crippen LogP contribution in [0.4, 0.5) is 0 Å². The molecule has 0 aromatic heterocycles. The van der Waals surface area contributed by atoms with E-state index in [1.54, 1.807) is 0 Å². The quantitative estimate of drug-likeness (QED) is 0.416. The van der Waals surface area contributed by atoms with Gasteiger partial charge in [-0.1, -0.05) is 13.8 Å². The Morgan fingerprint density at radius 2 is 1.70 bits per heavy atom. The van der Waals surface area contributed by atoms with E-state index in [9.17, 15) is 14.4 Å². The van der Waals surface area contributed by atoms with Crippen molar-refractivity contribution in [1.82, 2.24) is 16.0 Å². The number of rotatable bonds is 8. The van der Waals surface area contributed by atoms with Crippen LogP contribution in [0.3, 0.4) is 0 Å². The minimum Gasteiger partial charge on any atom is -0.354 e. The smallest absolute Gasteiger partial charge is 0.239 e. The molecule has 0 spiro atoms. The summed E-state index contributed by atoms with van der Waals surface area (Å²) < 4.78 is 0. The SMILES string of the molecule is CC(C)[C@H](N)C(=O)NCC(=O)NCCNC(=O)C1CC1. The van der Waals surface area contributed by atoms with E-state index in [2.05, 4.69) is 16.0 Å². The molecular weight excluding hydrogens is 260 g/mol. The Hall–Kier alpha value is -1.63. The van der Waals surface area contributed by atoms with Crippen molar-refractivity contribution in [1.29, 1.82) is 0 Å². The minimum atomic E-state index is -0.611. The molecule has 1 aliphatic rings. The van der Waals surface area contributed by atoms with E-state index in [1.807, 2.05) is 13.8 Å². The molecule has 0 aliphatic heterocycles. The molecule has 1 fully saturated rings. The number of nitrogens with two attached hydrogens (primary N) is 1. The van der Waals surface area contributed by atoms with Crippen LogP contribution in [0.1, 0.15) is 26.7 Å². The highest BCUT2D eigenvalue weighted by molar-refractivity contribution is 5.87. The zero-order valence-electron chi connectivity index (χ0n) is 12.1. The lowest BCUT2D eigenvalue weighted by molar-refractivity contribution is -0.127. The third kappa shape index (κ3) is 6.01. The molecule has 20 heavy (non-hydrogen) atoms. The van der Waals surface area contributed by atoms with E-state index in [0.717, 1.165) is 12.8 Å². The van der Waals surface area contributed by atoms with Crippen LogP contribution in [0.5, 0.6) is 0 Å². The fourth-order valence-corrected chi connectivity index (χ4v) is 1.53. The maximum Gasteiger partial charge on any atom is 0.239 e. The highest BCUT2D eigenvalue weighted by Gasteiger charge is 2.28. The summed E-state index contributed by atoms with van der Waals surface area (Å²) in [6, 6.07) is -0.611. The fraction of sp³-hybridized carbons (Fsp3) is 0.769. The van der Waals surface area contributed by atoms with Crippen LogP contribution in [0.2, 0.25) is 0 Å². The average Bonchev–Trinajstić information content (AvgIpc) is 3.24. The van der Waals surface area contributed by atoms with Gasteiger partial charge in [0, 0.05) is 19.0 Å². The van der Waals surface area contributed by atoms with Gasteiger partial charge in [0.1, 0.15) is 0 Å². The molecule has 5 N–H and O–H groups in total. The van der Waals surface area contributed by atoms with E-state index >= 15 is 0 Å². The van der Waals surface area contributed by atoms with Gasteiger partial charge >= 0.3 is 0 Å². The molecule has 0 aromatic carbocycles. The van der Waals surface area contributed by atoms with Crippen LogP contribution < -0.4 is 21.7 Å². The second-order valence-corrected chi connectivity index (χ2v) is 5.40. The molecule has 0 unspecified atom stereocenters. The van der Waals surface area contributed by atoms with Gasteiger partial charge in [0.05, 0.1) is 12.6 Å². The first-order valence-corrected chi connectivity index (χ1v) is 6.99. The largest absolute Gasteiger partial charge is 0.354 e. The van der Waals surface area contributed by atoms with Crippen molar-refractivity contribution in [3.05, 3.63) is 0 Å². The molecule has 0 heterocycles. The maximum atomic E-state index is 11.5. The second-order valence-electron chi connectivity index (χ2n) is 5.40. The standard InChI is InChI=1S/C13H24N4O3/c1-8(2)11(14)13(20)17-7-10(18)15-5-6-16-12(19)9-3-4-9/h8-9,11H,3-7,14H2,1-2H3,(H,15,18)(H,16,19)(H,17,20)/t11-/m0/s1. The number of amides is 3. The summed E-state index contributed by atoms with van der Waals surface area (Å²) in [6.07, 6.45) is 1.92. The third-order valence-electron chi connectivity index (χ3n) is 3.14. The summed E-state index contributed by atoms with van der Waals surface area (Å²) in [6.45, 7) is 4.33. The first-order chi connectivity index (χ1) is 9.41. The topological polar surface area (TPSA) is 113 Å². The minimum absolute atomic E-state index is 0.0238. The number of hydrogen-bond acceptors (Lipinski definition) is 4. The predicted octanol–water partition coefficient (Wildman–Crippen LogP) is -1.27. The van der Waals surface area contributed by atoms with Gasteiger partial charge < -0.3 is 21.7 Å². The Balaban J connectivity index is 2.05. The van der Waals surface area contributed by atoms with Crippen LogP contribution >= 0.6 is 0 Å². The fourth-order valence-electron chi connectivity index (χ4n) is 1.53. The van der Waals surface area contributed by atoms with Crippen molar-refractivity contribution < 1.29 is 14.4 Å². The lowest BCUT2D eigenvalue weighted by Crippen LogP contribution is -2.47. The first-order valence-electron chi connectivity index (χ1n) is 6.99. The third-order valence-corrected chi connectivity index (χ3v) is 3.14. The summed E-state index contributed by atoms with van der Waals surface area (Å²) in [5, 5.41) is 7.83. The van der Waals surface area contributed by atoms with Crippen LogP contribution in [-0.2, 0) is 14.4 Å². The van der Waals surface area contributed by atoms with E-state index in [-0.39, 0.29) is 36.1 Å². The summed E-state index contributed by atoms with van der Waals surface area (Å²) in [7, 11) is 0. The van der Waals surface area contributed by atoms with Gasteiger partial charge in [-0.15, -0.1) is 0 Å². The van der Waals surface area contributed by atoms with Crippen LogP contribution in [-0.4, -0.2) is 43.4 Å². The van der Waals surface area contributed by atoms with Crippen molar-refractivity contribution in [2.75, 3.05) is 19.6 Å². The number of nitrogens with one attached hydrogen (secondary N) is 3. The molecule has 1 atom stereocenters. The summed E-state index contributed by atoms with van der Waals surface area (Å²) in [5.74, 6) is -0.388.